The van der Waals surface area contributed by atoms with Crippen molar-refractivity contribution in [3.8, 4) is 0 Å². The molecule has 2 aliphatic carbocycles. The second-order valence-electron chi connectivity index (χ2n) is 8.57. The van der Waals surface area contributed by atoms with E-state index in [-0.39, 0.29) is 24.6 Å². The lowest BCUT2D eigenvalue weighted by Gasteiger charge is -2.05. The van der Waals surface area contributed by atoms with Gasteiger partial charge in [-0.15, -0.1) is 0 Å². The summed E-state index contributed by atoms with van der Waals surface area (Å²) in [5, 5.41) is 16.2. The molecular weight excluding hydrogens is 422 g/mol. The average molecular weight is 445 g/mol. The van der Waals surface area contributed by atoms with Gasteiger partial charge in [-0.1, -0.05) is 41.6 Å². The summed E-state index contributed by atoms with van der Waals surface area (Å²) in [5.74, 6) is 2.82. The van der Waals surface area contributed by atoms with Crippen LogP contribution in [0.2, 0.25) is 0 Å². The van der Waals surface area contributed by atoms with Crippen LogP contribution in [0.25, 0.3) is 16.7 Å². The maximum Gasteiger partial charge on any atom is 0.280 e. The van der Waals surface area contributed by atoms with Crippen molar-refractivity contribution in [1.82, 2.24) is 29.2 Å². The fourth-order valence-corrected chi connectivity index (χ4v) is 4.85. The number of aliphatic hydroxyl groups is 1. The number of aromatic nitrogens is 6. The molecule has 0 amide bonds. The van der Waals surface area contributed by atoms with E-state index < -0.39 is 0 Å². The van der Waals surface area contributed by atoms with Gasteiger partial charge in [-0.2, -0.15) is 9.97 Å². The Morgan fingerprint density at radius 3 is 2.85 bits per heavy atom. The lowest BCUT2D eigenvalue weighted by Crippen LogP contribution is -2.23. The first-order valence-corrected chi connectivity index (χ1v) is 11.0. The highest BCUT2D eigenvalue weighted by Gasteiger charge is 2.55. The Balaban J connectivity index is 1.20. The minimum absolute atomic E-state index is 0.0353. The van der Waals surface area contributed by atoms with Crippen molar-refractivity contribution in [3.05, 3.63) is 70.4 Å². The van der Waals surface area contributed by atoms with Gasteiger partial charge in [0.25, 0.3) is 5.56 Å². The van der Waals surface area contributed by atoms with Gasteiger partial charge >= 0.3 is 0 Å². The SMILES string of the molecule is Cn1c(NCCO)nc2ncn(Cc3nc(C4C5C=C(c6ccccc6)CC54)no3)c(=O)c21. The minimum Gasteiger partial charge on any atom is -0.395 e. The molecule has 168 valence electrons. The van der Waals surface area contributed by atoms with E-state index in [9.17, 15) is 4.79 Å². The summed E-state index contributed by atoms with van der Waals surface area (Å²) in [6.07, 6.45) is 4.81. The normalized spacial score (nSPS) is 21.3. The van der Waals surface area contributed by atoms with Crippen molar-refractivity contribution in [2.45, 2.75) is 18.9 Å². The molecule has 3 aromatic heterocycles. The number of nitrogens with one attached hydrogen (secondary N) is 1. The number of benzene rings is 1. The van der Waals surface area contributed by atoms with Crippen LogP contribution in [0.1, 0.15) is 29.6 Å². The molecule has 33 heavy (non-hydrogen) atoms. The van der Waals surface area contributed by atoms with Gasteiger partial charge in [0.1, 0.15) is 12.9 Å². The van der Waals surface area contributed by atoms with Crippen molar-refractivity contribution >= 4 is 22.7 Å². The van der Waals surface area contributed by atoms with E-state index in [1.807, 2.05) is 6.07 Å². The van der Waals surface area contributed by atoms with Crippen molar-refractivity contribution in [1.29, 1.82) is 0 Å². The third kappa shape index (κ3) is 3.34. The summed E-state index contributed by atoms with van der Waals surface area (Å²) < 4.78 is 8.55. The zero-order valence-electron chi connectivity index (χ0n) is 18.0. The molecule has 2 aliphatic rings. The lowest BCUT2D eigenvalue weighted by atomic mass is 10.0. The Kier molecular flexibility index (Phi) is 4.61. The van der Waals surface area contributed by atoms with Crippen LogP contribution in [0.5, 0.6) is 0 Å². The van der Waals surface area contributed by atoms with E-state index >= 15 is 0 Å². The van der Waals surface area contributed by atoms with E-state index in [1.54, 1.807) is 11.6 Å². The van der Waals surface area contributed by atoms with Crippen molar-refractivity contribution in [2.24, 2.45) is 18.9 Å². The average Bonchev–Trinajstić information content (AvgIpc) is 3.22. The van der Waals surface area contributed by atoms with Gasteiger partial charge in [0, 0.05) is 19.5 Å². The number of imidazole rings is 1. The smallest absolute Gasteiger partial charge is 0.280 e. The molecule has 2 N–H and O–H groups in total. The lowest BCUT2D eigenvalue weighted by molar-refractivity contribution is 0.310. The van der Waals surface area contributed by atoms with Crippen LogP contribution in [-0.4, -0.2) is 47.5 Å². The van der Waals surface area contributed by atoms with Crippen LogP contribution >= 0.6 is 0 Å². The molecule has 0 spiro atoms. The highest BCUT2D eigenvalue weighted by atomic mass is 16.5. The van der Waals surface area contributed by atoms with Crippen LogP contribution in [-0.2, 0) is 13.6 Å². The highest BCUT2D eigenvalue weighted by molar-refractivity contribution is 5.73. The zero-order valence-corrected chi connectivity index (χ0v) is 18.0. The van der Waals surface area contributed by atoms with Crippen LogP contribution in [0.3, 0.4) is 0 Å². The summed E-state index contributed by atoms with van der Waals surface area (Å²) in [7, 11) is 1.73. The van der Waals surface area contributed by atoms with Gasteiger partial charge in [0.2, 0.25) is 11.8 Å². The Labute approximate surface area is 188 Å². The van der Waals surface area contributed by atoms with Gasteiger partial charge in [-0.05, 0) is 29.4 Å². The molecule has 6 rings (SSSR count). The third-order valence-corrected chi connectivity index (χ3v) is 6.57. The maximum absolute atomic E-state index is 13.0. The Morgan fingerprint density at radius 1 is 1.24 bits per heavy atom. The van der Waals surface area contributed by atoms with Crippen LogP contribution in [0, 0.1) is 11.8 Å². The molecule has 0 aliphatic heterocycles. The summed E-state index contributed by atoms with van der Waals surface area (Å²) in [6.45, 7) is 0.445. The molecule has 4 aromatic rings. The molecule has 1 fully saturated rings. The van der Waals surface area contributed by atoms with Crippen LogP contribution in [0.15, 0.2) is 52.1 Å². The number of hydrogen-bond donors (Lipinski definition) is 2. The van der Waals surface area contributed by atoms with Crippen LogP contribution < -0.4 is 10.9 Å². The topological polar surface area (TPSA) is 124 Å². The molecule has 10 nitrogen and oxygen atoms in total. The summed E-state index contributed by atoms with van der Waals surface area (Å²) in [4.78, 5) is 26.2. The fraction of sp³-hybridized carbons (Fsp3) is 0.348. The Morgan fingerprint density at radius 2 is 2.09 bits per heavy atom. The molecule has 0 saturated heterocycles. The highest BCUT2D eigenvalue weighted by Crippen LogP contribution is 2.62. The minimum atomic E-state index is -0.245. The van der Waals surface area contributed by atoms with E-state index in [0.717, 1.165) is 6.42 Å². The number of fused-ring (bicyclic) bond motifs is 2. The molecule has 3 unspecified atom stereocenters. The molecule has 0 radical (unpaired) electrons. The number of aliphatic hydroxyl groups excluding tert-OH is 1. The predicted molar refractivity (Wildman–Crippen MR) is 121 cm³/mol. The first-order chi connectivity index (χ1) is 16.1. The molecule has 10 heteroatoms. The quantitative estimate of drug-likeness (QED) is 0.441. The van der Waals surface area contributed by atoms with Crippen molar-refractivity contribution in [2.75, 3.05) is 18.5 Å². The Bertz CT molecular complexity index is 1420. The Hall–Kier alpha value is -3.79. The number of allylic oxidation sites excluding steroid dienone is 2. The summed E-state index contributed by atoms with van der Waals surface area (Å²) >= 11 is 0. The monoisotopic (exact) mass is 445 g/mol. The molecule has 0 bridgehead atoms. The van der Waals surface area contributed by atoms with Gasteiger partial charge in [-0.3, -0.25) is 9.36 Å². The molecule has 1 aromatic carbocycles. The number of rotatable bonds is 7. The number of nitrogens with zero attached hydrogens (tertiary/aromatic N) is 6. The summed E-state index contributed by atoms with van der Waals surface area (Å²) in [5.41, 5.74) is 3.14. The number of anilines is 1. The van der Waals surface area contributed by atoms with Gasteiger partial charge < -0.3 is 19.5 Å². The number of aryl methyl sites for hydroxylation is 1. The fourth-order valence-electron chi connectivity index (χ4n) is 4.85. The van der Waals surface area contributed by atoms with Crippen molar-refractivity contribution in [3.63, 3.8) is 0 Å². The summed E-state index contributed by atoms with van der Waals surface area (Å²) in [6, 6.07) is 10.5. The van der Waals surface area contributed by atoms with Crippen LogP contribution in [0.4, 0.5) is 5.95 Å². The first kappa shape index (κ1) is 19.9. The predicted octanol–water partition coefficient (Wildman–Crippen LogP) is 1.78. The second-order valence-corrected chi connectivity index (χ2v) is 8.57. The zero-order chi connectivity index (χ0) is 22.5. The molecule has 3 heterocycles. The molecular formula is C23H23N7O3. The van der Waals surface area contributed by atoms with E-state index in [0.29, 0.717) is 47.2 Å². The molecule has 3 atom stereocenters. The van der Waals surface area contributed by atoms with Gasteiger partial charge in [-0.25, -0.2) is 4.98 Å². The third-order valence-electron chi connectivity index (χ3n) is 6.57. The largest absolute Gasteiger partial charge is 0.395 e. The van der Waals surface area contributed by atoms with Gasteiger partial charge in [0.05, 0.1) is 6.61 Å². The maximum atomic E-state index is 13.0. The molecule has 1 saturated carbocycles. The number of hydrogen-bond acceptors (Lipinski definition) is 8. The van der Waals surface area contributed by atoms with E-state index in [2.05, 4.69) is 55.8 Å². The van der Waals surface area contributed by atoms with Gasteiger partial charge in [0.15, 0.2) is 17.0 Å². The standard InChI is InChI=1S/C23H23N7O3/c1-29-19-21(27-23(29)24-7-8-31)25-12-30(22(19)32)11-17-26-20(28-33-17)18-15-9-14(10-16(15)18)13-5-3-2-4-6-13/h2-6,9,12,15-16,18,31H,7-8,10-11H2,1H3,(H,24,27). The first-order valence-electron chi connectivity index (χ1n) is 11.0. The van der Waals surface area contributed by atoms with E-state index in [4.69, 9.17) is 9.63 Å². The van der Waals surface area contributed by atoms with Crippen molar-refractivity contribution < 1.29 is 9.63 Å². The second kappa shape index (κ2) is 7.66. The van der Waals surface area contributed by atoms with E-state index in [1.165, 1.54) is 22.0 Å².